The van der Waals surface area contributed by atoms with Crippen LogP contribution in [0.2, 0.25) is 0 Å². The molecule has 0 fully saturated rings. The number of carboxylic acids is 2. The molecule has 0 aliphatic carbocycles. The monoisotopic (exact) mass is 402 g/mol. The van der Waals surface area contributed by atoms with Crippen LogP contribution in [0.5, 0.6) is 0 Å². The van der Waals surface area contributed by atoms with Gasteiger partial charge in [0.15, 0.2) is 0 Å². The van der Waals surface area contributed by atoms with Gasteiger partial charge in [0.1, 0.15) is 6.10 Å². The van der Waals surface area contributed by atoms with Crippen LogP contribution in [0.25, 0.3) is 0 Å². The molecule has 0 spiro atoms. The van der Waals surface area contributed by atoms with Crippen LogP contribution < -0.4 is 0 Å². The molecule has 0 rings (SSSR count). The summed E-state index contributed by atoms with van der Waals surface area (Å²) in [5.41, 5.74) is 0. The number of carbonyl (C=O) groups excluding carboxylic acids is 2. The molecule has 8 heteroatoms. The van der Waals surface area contributed by atoms with Gasteiger partial charge in [0.2, 0.25) is 0 Å². The van der Waals surface area contributed by atoms with Gasteiger partial charge >= 0.3 is 23.9 Å². The van der Waals surface area contributed by atoms with Crippen LogP contribution in [-0.4, -0.2) is 46.8 Å². The van der Waals surface area contributed by atoms with E-state index in [1.807, 2.05) is 13.8 Å². The summed E-state index contributed by atoms with van der Waals surface area (Å²) in [4.78, 5) is 44.5. The Balaban J connectivity index is 4.12. The van der Waals surface area contributed by atoms with Gasteiger partial charge in [-0.05, 0) is 50.9 Å². The van der Waals surface area contributed by atoms with Crippen LogP contribution in [0.1, 0.15) is 84.5 Å². The summed E-state index contributed by atoms with van der Waals surface area (Å²) in [7, 11) is 0. The summed E-state index contributed by atoms with van der Waals surface area (Å²) in [6.07, 6.45) is 4.12. The number of rotatable bonds is 17. The maximum absolute atomic E-state index is 11.9. The van der Waals surface area contributed by atoms with E-state index in [1.54, 1.807) is 0 Å². The van der Waals surface area contributed by atoms with Crippen molar-refractivity contribution in [2.45, 2.75) is 90.6 Å². The molecule has 8 nitrogen and oxygen atoms in total. The normalized spacial score (nSPS) is 12.8. The van der Waals surface area contributed by atoms with Crippen molar-refractivity contribution in [3.05, 3.63) is 0 Å². The number of unbranched alkanes of at least 4 members (excludes halogenated alkanes) is 2. The lowest BCUT2D eigenvalue weighted by Crippen LogP contribution is -2.24. The molecule has 2 unspecified atom stereocenters. The van der Waals surface area contributed by atoms with Crippen molar-refractivity contribution in [3.63, 3.8) is 0 Å². The number of esters is 2. The van der Waals surface area contributed by atoms with E-state index >= 15 is 0 Å². The second kappa shape index (κ2) is 15.9. The highest BCUT2D eigenvalue weighted by Gasteiger charge is 2.19. The minimum absolute atomic E-state index is 0.0457. The molecule has 28 heavy (non-hydrogen) atoms. The summed E-state index contributed by atoms with van der Waals surface area (Å²) in [6, 6.07) is 0. The number of aliphatic carboxylic acids is 2. The topological polar surface area (TPSA) is 127 Å². The highest BCUT2D eigenvalue weighted by molar-refractivity contribution is 5.70. The Kier molecular flexibility index (Phi) is 14.7. The maximum Gasteiger partial charge on any atom is 0.306 e. The van der Waals surface area contributed by atoms with E-state index < -0.39 is 11.9 Å². The summed E-state index contributed by atoms with van der Waals surface area (Å²) in [5.74, 6) is -2.34. The van der Waals surface area contributed by atoms with Crippen LogP contribution >= 0.6 is 0 Å². The zero-order valence-corrected chi connectivity index (χ0v) is 17.0. The van der Waals surface area contributed by atoms with Crippen molar-refractivity contribution in [1.29, 1.82) is 0 Å². The van der Waals surface area contributed by atoms with Gasteiger partial charge in [-0.15, -0.1) is 0 Å². The SMILES string of the molecule is CCC(COC(=O)CCCCC(=O)O)CC(CC)OC(=O)CCCCC(=O)O. The fraction of sp³-hybridized carbons (Fsp3) is 0.800. The van der Waals surface area contributed by atoms with Crippen molar-refractivity contribution in [1.82, 2.24) is 0 Å². The second-order valence-corrected chi connectivity index (χ2v) is 6.91. The Morgan fingerprint density at radius 2 is 1.25 bits per heavy atom. The highest BCUT2D eigenvalue weighted by Crippen LogP contribution is 2.18. The van der Waals surface area contributed by atoms with Gasteiger partial charge < -0.3 is 19.7 Å². The molecule has 162 valence electrons. The summed E-state index contributed by atoms with van der Waals surface area (Å²) in [6.45, 7) is 4.15. The predicted octanol–water partition coefficient (Wildman–Crippen LogP) is 3.56. The Morgan fingerprint density at radius 1 is 0.750 bits per heavy atom. The molecule has 0 aliphatic rings. The molecule has 0 heterocycles. The molecule has 0 amide bonds. The Labute approximate surface area is 166 Å². The summed E-state index contributed by atoms with van der Waals surface area (Å²) >= 11 is 0. The van der Waals surface area contributed by atoms with Crippen LogP contribution in [0, 0.1) is 5.92 Å². The predicted molar refractivity (Wildman–Crippen MR) is 102 cm³/mol. The smallest absolute Gasteiger partial charge is 0.306 e. The Hall–Kier alpha value is -2.12. The van der Waals surface area contributed by atoms with E-state index in [2.05, 4.69) is 0 Å². The molecular weight excluding hydrogens is 368 g/mol. The number of carboxylic acid groups (broad SMARTS) is 2. The zero-order valence-electron chi connectivity index (χ0n) is 17.0. The van der Waals surface area contributed by atoms with E-state index in [1.165, 1.54) is 0 Å². The lowest BCUT2D eigenvalue weighted by atomic mass is 9.98. The minimum atomic E-state index is -0.874. The molecule has 0 aliphatic heterocycles. The van der Waals surface area contributed by atoms with Gasteiger partial charge in [-0.1, -0.05) is 13.8 Å². The standard InChI is InChI=1S/C20H34O8/c1-3-15(14-27-19(25)11-7-5-9-17(21)22)13-16(4-2)28-20(26)12-8-6-10-18(23)24/h15-16H,3-14H2,1-2H3,(H,21,22)(H,23,24). The Bertz CT molecular complexity index is 489. The van der Waals surface area contributed by atoms with E-state index in [0.717, 1.165) is 6.42 Å². The van der Waals surface area contributed by atoms with Gasteiger partial charge in [-0.2, -0.15) is 0 Å². The van der Waals surface area contributed by atoms with Crippen molar-refractivity contribution in [3.8, 4) is 0 Å². The summed E-state index contributed by atoms with van der Waals surface area (Å²) in [5, 5.41) is 17.1. The van der Waals surface area contributed by atoms with Crippen LogP contribution in [-0.2, 0) is 28.7 Å². The first-order chi connectivity index (χ1) is 13.3. The molecule has 2 N–H and O–H groups in total. The van der Waals surface area contributed by atoms with Gasteiger partial charge in [0, 0.05) is 25.7 Å². The third-order valence-corrected chi connectivity index (χ3v) is 4.45. The largest absolute Gasteiger partial charge is 0.481 e. The van der Waals surface area contributed by atoms with Crippen molar-refractivity contribution < 1.29 is 38.9 Å². The molecule has 0 aromatic carbocycles. The van der Waals surface area contributed by atoms with Gasteiger partial charge in [-0.25, -0.2) is 0 Å². The first-order valence-corrected chi connectivity index (χ1v) is 10.1. The van der Waals surface area contributed by atoms with Crippen LogP contribution in [0.15, 0.2) is 0 Å². The third kappa shape index (κ3) is 15.0. The maximum atomic E-state index is 11.9. The fourth-order valence-electron chi connectivity index (χ4n) is 2.64. The molecule has 0 radical (unpaired) electrons. The molecule has 0 aromatic heterocycles. The zero-order chi connectivity index (χ0) is 21.4. The van der Waals surface area contributed by atoms with Gasteiger partial charge in [0.05, 0.1) is 6.61 Å². The van der Waals surface area contributed by atoms with Crippen molar-refractivity contribution >= 4 is 23.9 Å². The van der Waals surface area contributed by atoms with Crippen LogP contribution in [0.4, 0.5) is 0 Å². The van der Waals surface area contributed by atoms with Crippen molar-refractivity contribution in [2.24, 2.45) is 5.92 Å². The van der Waals surface area contributed by atoms with E-state index in [-0.39, 0.29) is 56.3 Å². The number of carbonyl (C=O) groups is 4. The molecule has 0 bridgehead atoms. The van der Waals surface area contributed by atoms with E-state index in [0.29, 0.717) is 38.5 Å². The number of hydrogen-bond acceptors (Lipinski definition) is 6. The molecular formula is C20H34O8. The number of ether oxygens (including phenoxy) is 2. The Morgan fingerprint density at radius 3 is 1.71 bits per heavy atom. The fourth-order valence-corrected chi connectivity index (χ4v) is 2.64. The van der Waals surface area contributed by atoms with Crippen molar-refractivity contribution in [2.75, 3.05) is 6.61 Å². The molecule has 0 aromatic rings. The van der Waals surface area contributed by atoms with Crippen LogP contribution in [0.3, 0.4) is 0 Å². The quantitative estimate of drug-likeness (QED) is 0.279. The summed E-state index contributed by atoms with van der Waals surface area (Å²) < 4.78 is 10.7. The molecule has 2 atom stereocenters. The first kappa shape index (κ1) is 25.9. The third-order valence-electron chi connectivity index (χ3n) is 4.45. The molecule has 0 saturated carbocycles. The van der Waals surface area contributed by atoms with Gasteiger partial charge in [-0.3, -0.25) is 19.2 Å². The lowest BCUT2D eigenvalue weighted by Gasteiger charge is -2.22. The molecule has 0 saturated heterocycles. The first-order valence-electron chi connectivity index (χ1n) is 10.1. The minimum Gasteiger partial charge on any atom is -0.481 e. The van der Waals surface area contributed by atoms with Gasteiger partial charge in [0.25, 0.3) is 0 Å². The van der Waals surface area contributed by atoms with E-state index in [4.69, 9.17) is 19.7 Å². The average Bonchev–Trinajstić information content (AvgIpc) is 2.64. The second-order valence-electron chi connectivity index (χ2n) is 6.91. The lowest BCUT2D eigenvalue weighted by molar-refractivity contribution is -0.152. The highest BCUT2D eigenvalue weighted by atomic mass is 16.5. The number of hydrogen-bond donors (Lipinski definition) is 2. The van der Waals surface area contributed by atoms with E-state index in [9.17, 15) is 19.2 Å². The average molecular weight is 402 g/mol.